The first kappa shape index (κ1) is 13.7. The van der Waals surface area contributed by atoms with Crippen LogP contribution in [0.2, 0.25) is 5.02 Å². The van der Waals surface area contributed by atoms with E-state index in [1.165, 1.54) is 0 Å². The van der Waals surface area contributed by atoms with Gasteiger partial charge >= 0.3 is 0 Å². The zero-order valence-electron chi connectivity index (χ0n) is 10.6. The fourth-order valence-corrected chi connectivity index (χ4v) is 1.91. The van der Waals surface area contributed by atoms with Gasteiger partial charge in [0.2, 0.25) is 0 Å². The molecule has 2 aromatic carbocycles. The minimum Gasteiger partial charge on any atom is -0.494 e. The second-order valence-electron chi connectivity index (χ2n) is 3.88. The molecule has 0 saturated heterocycles. The molecule has 0 amide bonds. The second-order valence-corrected chi connectivity index (χ2v) is 4.29. The van der Waals surface area contributed by atoms with Crippen LogP contribution >= 0.6 is 11.6 Å². The second kappa shape index (κ2) is 6.45. The molecule has 0 aliphatic heterocycles. The number of benzene rings is 2. The van der Waals surface area contributed by atoms with Gasteiger partial charge in [0, 0.05) is 10.6 Å². The monoisotopic (exact) mass is 278 g/mol. The molecular weight excluding hydrogens is 264 g/mol. The third-order valence-corrected chi connectivity index (χ3v) is 2.95. The van der Waals surface area contributed by atoms with E-state index in [1.807, 2.05) is 31.2 Å². The van der Waals surface area contributed by atoms with E-state index in [0.29, 0.717) is 28.7 Å². The van der Waals surface area contributed by atoms with Crippen molar-refractivity contribution >= 4 is 11.6 Å². The predicted molar refractivity (Wildman–Crippen MR) is 75.1 cm³/mol. The van der Waals surface area contributed by atoms with Crippen LogP contribution in [0, 0.1) is 0 Å². The lowest BCUT2D eigenvalue weighted by molar-refractivity contribution is 0.276. The highest BCUT2D eigenvalue weighted by Crippen LogP contribution is 2.31. The summed E-state index contributed by atoms with van der Waals surface area (Å²) in [5.74, 6) is 2.02. The van der Waals surface area contributed by atoms with Gasteiger partial charge in [0.25, 0.3) is 0 Å². The Labute approximate surface area is 117 Å². The Balaban J connectivity index is 2.19. The summed E-state index contributed by atoms with van der Waals surface area (Å²) >= 11 is 6.00. The van der Waals surface area contributed by atoms with Crippen LogP contribution in [-0.4, -0.2) is 11.7 Å². The van der Waals surface area contributed by atoms with Gasteiger partial charge in [-0.2, -0.15) is 0 Å². The molecule has 0 aliphatic rings. The summed E-state index contributed by atoms with van der Waals surface area (Å²) in [6, 6.07) is 12.6. The quantitative estimate of drug-likeness (QED) is 0.898. The van der Waals surface area contributed by atoms with Gasteiger partial charge in [-0.15, -0.1) is 0 Å². The van der Waals surface area contributed by atoms with Crippen molar-refractivity contribution < 1.29 is 14.6 Å². The number of hydrogen-bond donors (Lipinski definition) is 1. The van der Waals surface area contributed by atoms with E-state index < -0.39 is 0 Å². The molecule has 0 fully saturated rings. The zero-order chi connectivity index (χ0) is 13.7. The summed E-state index contributed by atoms with van der Waals surface area (Å²) in [5.41, 5.74) is 0.582. The van der Waals surface area contributed by atoms with Crippen molar-refractivity contribution in [2.24, 2.45) is 0 Å². The maximum atomic E-state index is 9.31. The van der Waals surface area contributed by atoms with Crippen molar-refractivity contribution in [2.45, 2.75) is 13.5 Å². The van der Waals surface area contributed by atoms with E-state index >= 15 is 0 Å². The van der Waals surface area contributed by atoms with Crippen LogP contribution in [0.4, 0.5) is 0 Å². The fraction of sp³-hybridized carbons (Fsp3) is 0.200. The average molecular weight is 279 g/mol. The largest absolute Gasteiger partial charge is 0.494 e. The lowest BCUT2D eigenvalue weighted by atomic mass is 10.2. The summed E-state index contributed by atoms with van der Waals surface area (Å²) < 4.78 is 11.1. The number of halogens is 1. The number of ether oxygens (including phenoxy) is 2. The van der Waals surface area contributed by atoms with Crippen LogP contribution in [0.25, 0.3) is 0 Å². The Morgan fingerprint density at radius 3 is 2.37 bits per heavy atom. The van der Waals surface area contributed by atoms with Crippen LogP contribution in [0.3, 0.4) is 0 Å². The third kappa shape index (κ3) is 3.40. The molecule has 0 heterocycles. The van der Waals surface area contributed by atoms with E-state index in [0.717, 1.165) is 5.75 Å². The summed E-state index contributed by atoms with van der Waals surface area (Å²) in [6.07, 6.45) is 0. The SMILES string of the molecule is CCOc1ccc(Oc2cccc(Cl)c2CO)cc1. The summed E-state index contributed by atoms with van der Waals surface area (Å²) in [5, 5.41) is 9.80. The van der Waals surface area contributed by atoms with Gasteiger partial charge in [-0.1, -0.05) is 17.7 Å². The van der Waals surface area contributed by atoms with Gasteiger partial charge in [-0.25, -0.2) is 0 Å². The van der Waals surface area contributed by atoms with E-state index in [4.69, 9.17) is 21.1 Å². The lowest BCUT2D eigenvalue weighted by Gasteiger charge is -2.11. The highest BCUT2D eigenvalue weighted by molar-refractivity contribution is 6.31. The zero-order valence-corrected chi connectivity index (χ0v) is 11.4. The molecular formula is C15H15ClO3. The molecule has 2 rings (SSSR count). The maximum absolute atomic E-state index is 9.31. The normalized spacial score (nSPS) is 10.3. The highest BCUT2D eigenvalue weighted by atomic mass is 35.5. The highest BCUT2D eigenvalue weighted by Gasteiger charge is 2.08. The van der Waals surface area contributed by atoms with E-state index in [1.54, 1.807) is 18.2 Å². The van der Waals surface area contributed by atoms with Gasteiger partial charge in [0.15, 0.2) is 0 Å². The molecule has 4 heteroatoms. The average Bonchev–Trinajstić information content (AvgIpc) is 2.42. The summed E-state index contributed by atoms with van der Waals surface area (Å²) in [6.45, 7) is 2.40. The molecule has 1 N–H and O–H groups in total. The fourth-order valence-electron chi connectivity index (χ4n) is 1.69. The first-order valence-electron chi connectivity index (χ1n) is 6.03. The molecule has 2 aromatic rings. The Morgan fingerprint density at radius 2 is 1.74 bits per heavy atom. The van der Waals surface area contributed by atoms with E-state index in [-0.39, 0.29) is 6.61 Å². The van der Waals surface area contributed by atoms with E-state index in [9.17, 15) is 5.11 Å². The van der Waals surface area contributed by atoms with Gasteiger partial charge in [-0.3, -0.25) is 0 Å². The van der Waals surface area contributed by atoms with Crippen molar-refractivity contribution in [3.8, 4) is 17.2 Å². The number of aliphatic hydroxyl groups excluding tert-OH is 1. The molecule has 0 aromatic heterocycles. The van der Waals surface area contributed by atoms with Crippen LogP contribution in [-0.2, 0) is 6.61 Å². The molecule has 19 heavy (non-hydrogen) atoms. The Bertz CT molecular complexity index is 538. The van der Waals surface area contributed by atoms with E-state index in [2.05, 4.69) is 0 Å². The van der Waals surface area contributed by atoms with Crippen molar-refractivity contribution in [2.75, 3.05) is 6.61 Å². The molecule has 0 radical (unpaired) electrons. The number of rotatable bonds is 5. The van der Waals surface area contributed by atoms with Crippen LogP contribution < -0.4 is 9.47 Å². The van der Waals surface area contributed by atoms with Crippen molar-refractivity contribution in [1.29, 1.82) is 0 Å². The van der Waals surface area contributed by atoms with Crippen LogP contribution in [0.15, 0.2) is 42.5 Å². The molecule has 3 nitrogen and oxygen atoms in total. The third-order valence-electron chi connectivity index (χ3n) is 2.60. The van der Waals surface area contributed by atoms with Crippen molar-refractivity contribution in [3.05, 3.63) is 53.1 Å². The molecule has 0 spiro atoms. The topological polar surface area (TPSA) is 38.7 Å². The smallest absolute Gasteiger partial charge is 0.134 e. The first-order valence-corrected chi connectivity index (χ1v) is 6.41. The van der Waals surface area contributed by atoms with Crippen LogP contribution in [0.1, 0.15) is 12.5 Å². The predicted octanol–water partition coefficient (Wildman–Crippen LogP) is 4.02. The summed E-state index contributed by atoms with van der Waals surface area (Å²) in [7, 11) is 0. The minimum atomic E-state index is -0.161. The molecule has 0 saturated carbocycles. The molecule has 0 atom stereocenters. The van der Waals surface area contributed by atoms with Gasteiger partial charge in [-0.05, 0) is 43.3 Å². The molecule has 100 valence electrons. The molecule has 0 aliphatic carbocycles. The van der Waals surface area contributed by atoms with Gasteiger partial charge in [0.05, 0.1) is 13.2 Å². The number of aliphatic hydroxyl groups is 1. The van der Waals surface area contributed by atoms with Crippen molar-refractivity contribution in [1.82, 2.24) is 0 Å². The standard InChI is InChI=1S/C15H15ClO3/c1-2-18-11-6-8-12(9-7-11)19-15-5-3-4-14(16)13(15)10-17/h3-9,17H,2,10H2,1H3. The molecule has 0 unspecified atom stereocenters. The van der Waals surface area contributed by atoms with Crippen LogP contribution in [0.5, 0.6) is 17.2 Å². The lowest BCUT2D eigenvalue weighted by Crippen LogP contribution is -1.94. The van der Waals surface area contributed by atoms with Gasteiger partial charge in [0.1, 0.15) is 17.2 Å². The van der Waals surface area contributed by atoms with Crippen molar-refractivity contribution in [3.63, 3.8) is 0 Å². The number of hydrogen-bond acceptors (Lipinski definition) is 3. The molecule has 0 bridgehead atoms. The maximum Gasteiger partial charge on any atom is 0.134 e. The minimum absolute atomic E-state index is 0.161. The Morgan fingerprint density at radius 1 is 1.05 bits per heavy atom. The Hall–Kier alpha value is -1.71. The first-order chi connectivity index (χ1) is 9.24. The van der Waals surface area contributed by atoms with Gasteiger partial charge < -0.3 is 14.6 Å². The Kier molecular flexibility index (Phi) is 4.66. The summed E-state index contributed by atoms with van der Waals surface area (Å²) in [4.78, 5) is 0.